The summed E-state index contributed by atoms with van der Waals surface area (Å²) in [4.78, 5) is 36.3. The highest BCUT2D eigenvalue weighted by Gasteiger charge is 2.66. The molecule has 1 heterocycles. The largest absolute Gasteiger partial charge is 0.481 e. The van der Waals surface area contributed by atoms with Crippen LogP contribution in [0.15, 0.2) is 22.3 Å². The van der Waals surface area contributed by atoms with Crippen molar-refractivity contribution in [2.45, 2.75) is 150 Å². The smallest absolute Gasteiger partial charge is 0.334 e. The van der Waals surface area contributed by atoms with Crippen LogP contribution in [-0.2, 0) is 23.9 Å². The molecule has 0 radical (unpaired) electrons. The molecule has 252 valence electrons. The number of aliphatic hydroxyl groups excluding tert-OH is 1. The first-order valence-corrected chi connectivity index (χ1v) is 17.1. The fourth-order valence-electron chi connectivity index (χ4n) is 11.2. The lowest BCUT2D eigenvalue weighted by molar-refractivity contribution is -0.175. The number of cyclic esters (lactones) is 1. The van der Waals surface area contributed by atoms with E-state index in [1.165, 1.54) is 12.5 Å². The van der Waals surface area contributed by atoms with Gasteiger partial charge in [0.1, 0.15) is 12.2 Å². The zero-order chi connectivity index (χ0) is 33.5. The first-order valence-electron chi connectivity index (χ1n) is 17.1. The molecular formula is C37H56O8. The van der Waals surface area contributed by atoms with E-state index in [2.05, 4.69) is 41.5 Å². The second-order valence-electron chi connectivity index (χ2n) is 16.9. The number of aliphatic carboxylic acids is 1. The molecule has 2 saturated carbocycles. The Labute approximate surface area is 269 Å². The molecule has 0 aromatic heterocycles. The molecule has 1 aliphatic heterocycles. The highest BCUT2D eigenvalue weighted by atomic mass is 16.6. The van der Waals surface area contributed by atoms with Gasteiger partial charge in [-0.3, -0.25) is 9.59 Å². The van der Waals surface area contributed by atoms with Gasteiger partial charge in [0.05, 0.1) is 24.5 Å². The number of hydrogen-bond donors (Lipinski definition) is 3. The molecule has 4 aliphatic carbocycles. The zero-order valence-corrected chi connectivity index (χ0v) is 28.9. The van der Waals surface area contributed by atoms with Gasteiger partial charge in [0.2, 0.25) is 0 Å². The summed E-state index contributed by atoms with van der Waals surface area (Å²) < 4.78 is 11.7. The number of fused-ring (bicyclic) bond motifs is 4. The van der Waals surface area contributed by atoms with Crippen LogP contribution in [0.4, 0.5) is 0 Å². The molecule has 5 aliphatic rings. The molecule has 10 atom stereocenters. The summed E-state index contributed by atoms with van der Waals surface area (Å²) in [5, 5.41) is 31.7. The second-order valence-corrected chi connectivity index (χ2v) is 16.9. The topological polar surface area (TPSA) is 130 Å². The van der Waals surface area contributed by atoms with E-state index in [0.29, 0.717) is 24.7 Å². The van der Waals surface area contributed by atoms with Crippen molar-refractivity contribution in [3.05, 3.63) is 22.3 Å². The number of hydrogen-bond acceptors (Lipinski definition) is 7. The molecule has 8 nitrogen and oxygen atoms in total. The Morgan fingerprint density at radius 3 is 2.31 bits per heavy atom. The van der Waals surface area contributed by atoms with Gasteiger partial charge >= 0.3 is 17.9 Å². The standard InChI is InChI=1S/C37H56O8/c1-20(16-26-21(2)22(3)32(42)44-26)23-12-15-36(8)24-10-11-27-33(4,5)29(45-31(41)19-34(6,43)18-30(39)40)13-14-35(27,7)25(24)17-28(38)37(23,36)9/h20,23,26-29,38,43H,10-19H2,1-9H3,(H,39,40). The molecule has 0 spiro atoms. The SMILES string of the molecule is CC1=C(C)C(CC(C)C2CCC3(C)C4=C(CC(O)C23C)C2(C)CCC(OC(=O)CC(C)(O)CC(=O)O)C(C)(C)C2CC4)OC1=O. The first-order chi connectivity index (χ1) is 20.7. The molecule has 45 heavy (non-hydrogen) atoms. The van der Waals surface area contributed by atoms with Crippen LogP contribution in [0.2, 0.25) is 0 Å². The third kappa shape index (κ3) is 5.30. The highest BCUT2D eigenvalue weighted by molar-refractivity contribution is 5.91. The third-order valence-corrected chi connectivity index (χ3v) is 14.1. The lowest BCUT2D eigenvalue weighted by atomic mass is 9.42. The van der Waals surface area contributed by atoms with Gasteiger partial charge in [0.15, 0.2) is 0 Å². The van der Waals surface area contributed by atoms with Gasteiger partial charge in [-0.25, -0.2) is 4.79 Å². The number of carbonyl (C=O) groups excluding carboxylic acids is 2. The van der Waals surface area contributed by atoms with Gasteiger partial charge in [0.25, 0.3) is 0 Å². The Balaban J connectivity index is 1.37. The van der Waals surface area contributed by atoms with E-state index >= 15 is 0 Å². The summed E-state index contributed by atoms with van der Waals surface area (Å²) in [5.74, 6) is -1.07. The van der Waals surface area contributed by atoms with Crippen LogP contribution in [0.1, 0.15) is 127 Å². The van der Waals surface area contributed by atoms with E-state index in [9.17, 15) is 24.6 Å². The van der Waals surface area contributed by atoms with Gasteiger partial charge in [-0.2, -0.15) is 0 Å². The van der Waals surface area contributed by atoms with E-state index < -0.39 is 30.1 Å². The normalized spacial score (nSPS) is 41.0. The quantitative estimate of drug-likeness (QED) is 0.205. The molecule has 0 bridgehead atoms. The predicted molar refractivity (Wildman–Crippen MR) is 170 cm³/mol. The van der Waals surface area contributed by atoms with Gasteiger partial charge in [-0.1, -0.05) is 52.7 Å². The Bertz CT molecular complexity index is 1320. The molecule has 0 amide bonds. The highest BCUT2D eigenvalue weighted by Crippen LogP contribution is 2.72. The van der Waals surface area contributed by atoms with Gasteiger partial charge in [-0.05, 0) is 106 Å². The van der Waals surface area contributed by atoms with E-state index in [-0.39, 0.29) is 52.2 Å². The van der Waals surface area contributed by atoms with Gasteiger partial charge < -0.3 is 24.8 Å². The van der Waals surface area contributed by atoms with Crippen molar-refractivity contribution in [2.75, 3.05) is 0 Å². The summed E-state index contributed by atoms with van der Waals surface area (Å²) in [6.45, 7) is 18.9. The summed E-state index contributed by atoms with van der Waals surface area (Å²) in [6.07, 6.45) is 5.13. The van der Waals surface area contributed by atoms with Crippen LogP contribution in [0.3, 0.4) is 0 Å². The number of aliphatic hydroxyl groups is 2. The lowest BCUT2D eigenvalue weighted by Crippen LogP contribution is -2.58. The number of rotatable bonds is 8. The summed E-state index contributed by atoms with van der Waals surface area (Å²) >= 11 is 0. The van der Waals surface area contributed by atoms with Crippen molar-refractivity contribution in [3.63, 3.8) is 0 Å². The minimum Gasteiger partial charge on any atom is -0.481 e. The van der Waals surface area contributed by atoms with Gasteiger partial charge in [0, 0.05) is 16.4 Å². The zero-order valence-electron chi connectivity index (χ0n) is 28.9. The van der Waals surface area contributed by atoms with E-state index in [1.54, 1.807) is 5.57 Å². The Morgan fingerprint density at radius 2 is 1.71 bits per heavy atom. The molecule has 3 N–H and O–H groups in total. The monoisotopic (exact) mass is 628 g/mol. The first kappa shape index (κ1) is 34.2. The van der Waals surface area contributed by atoms with Gasteiger partial charge in [-0.15, -0.1) is 0 Å². The maximum atomic E-state index is 12.9. The Hall–Kier alpha value is -2.19. The van der Waals surface area contributed by atoms with Crippen molar-refractivity contribution in [2.24, 2.45) is 39.4 Å². The van der Waals surface area contributed by atoms with E-state index in [4.69, 9.17) is 14.6 Å². The predicted octanol–water partition coefficient (Wildman–Crippen LogP) is 6.52. The van der Waals surface area contributed by atoms with Crippen LogP contribution in [0.25, 0.3) is 0 Å². The molecule has 0 aromatic rings. The fraction of sp³-hybridized carbons (Fsp3) is 0.811. The van der Waals surface area contributed by atoms with Crippen molar-refractivity contribution in [1.82, 2.24) is 0 Å². The summed E-state index contributed by atoms with van der Waals surface area (Å²) in [5.41, 5.74) is 2.20. The Morgan fingerprint density at radius 1 is 1.04 bits per heavy atom. The number of allylic oxidation sites excluding steroid dienone is 1. The molecule has 8 heteroatoms. The summed E-state index contributed by atoms with van der Waals surface area (Å²) in [6, 6.07) is 0. The average Bonchev–Trinajstić information content (AvgIpc) is 3.33. The molecule has 5 rings (SSSR count). The molecular weight excluding hydrogens is 572 g/mol. The van der Waals surface area contributed by atoms with E-state index in [0.717, 1.165) is 49.7 Å². The van der Waals surface area contributed by atoms with Crippen LogP contribution in [0.5, 0.6) is 0 Å². The molecule has 2 fully saturated rings. The maximum Gasteiger partial charge on any atom is 0.334 e. The van der Waals surface area contributed by atoms with Crippen LogP contribution < -0.4 is 0 Å². The molecule has 0 aromatic carbocycles. The van der Waals surface area contributed by atoms with Crippen LogP contribution in [-0.4, -0.2) is 57.1 Å². The Kier molecular flexibility index (Phi) is 8.51. The van der Waals surface area contributed by atoms with Crippen molar-refractivity contribution < 1.29 is 39.2 Å². The summed E-state index contributed by atoms with van der Waals surface area (Å²) in [7, 11) is 0. The van der Waals surface area contributed by atoms with Crippen molar-refractivity contribution in [3.8, 4) is 0 Å². The minimum absolute atomic E-state index is 0.122. The third-order valence-electron chi connectivity index (χ3n) is 14.1. The molecule has 0 saturated heterocycles. The molecule has 10 unspecified atom stereocenters. The van der Waals surface area contributed by atoms with Crippen LogP contribution in [0, 0.1) is 39.4 Å². The van der Waals surface area contributed by atoms with Crippen LogP contribution >= 0.6 is 0 Å². The number of esters is 2. The number of ether oxygens (including phenoxy) is 2. The maximum absolute atomic E-state index is 12.9. The number of carbonyl (C=O) groups is 3. The average molecular weight is 629 g/mol. The fourth-order valence-corrected chi connectivity index (χ4v) is 11.2. The number of carboxylic acid groups (broad SMARTS) is 1. The minimum atomic E-state index is -1.66. The lowest BCUT2D eigenvalue weighted by Gasteiger charge is -2.63. The van der Waals surface area contributed by atoms with Crippen molar-refractivity contribution >= 4 is 17.9 Å². The van der Waals surface area contributed by atoms with Crippen molar-refractivity contribution in [1.29, 1.82) is 0 Å². The number of carboxylic acids is 1. The van der Waals surface area contributed by atoms with E-state index in [1.807, 2.05) is 13.8 Å². The second kappa shape index (κ2) is 11.2.